The van der Waals surface area contributed by atoms with Crippen LogP contribution in [0.1, 0.15) is 39.5 Å². The van der Waals surface area contributed by atoms with Gasteiger partial charge in [-0.25, -0.2) is 4.79 Å². The number of nitrogens with zero attached hydrogens (tertiary/aromatic N) is 1. The van der Waals surface area contributed by atoms with E-state index in [4.69, 9.17) is 9.47 Å². The highest BCUT2D eigenvalue weighted by atomic mass is 16.5. The molecule has 2 fully saturated rings. The first-order chi connectivity index (χ1) is 13.9. The lowest BCUT2D eigenvalue weighted by Crippen LogP contribution is -2.44. The van der Waals surface area contributed by atoms with Gasteiger partial charge in [0, 0.05) is 0 Å². The summed E-state index contributed by atoms with van der Waals surface area (Å²) >= 11 is 0. The first-order valence-electron chi connectivity index (χ1n) is 9.72. The highest BCUT2D eigenvalue weighted by molar-refractivity contribution is 6.09. The lowest BCUT2D eigenvalue weighted by atomic mass is 9.98. The van der Waals surface area contributed by atoms with Gasteiger partial charge in [0.2, 0.25) is 0 Å². The number of para-hydroxylation sites is 2. The monoisotopic (exact) mass is 403 g/mol. The Morgan fingerprint density at radius 2 is 1.93 bits per heavy atom. The Labute approximate surface area is 168 Å². The highest BCUT2D eigenvalue weighted by Crippen LogP contribution is 2.35. The molecule has 1 atom stereocenters. The highest BCUT2D eigenvalue weighted by Gasteiger charge is 2.52. The van der Waals surface area contributed by atoms with Crippen LogP contribution in [0.2, 0.25) is 0 Å². The van der Waals surface area contributed by atoms with Crippen molar-refractivity contribution >= 4 is 29.5 Å². The standard InChI is InChI=1S/C20H25N3O6/c1-3-28-15-9-5-4-8-14(15)21-17(25)13(2)29-16(24)12-23-18(26)20(22-19(23)27)10-6-7-11-20/h4-5,8-9,13H,3,6-7,10-12H2,1-2H3,(H,21,25)(H,22,27)/t13-/m1/s1. The van der Waals surface area contributed by atoms with E-state index in [0.717, 1.165) is 17.7 Å². The van der Waals surface area contributed by atoms with E-state index >= 15 is 0 Å². The molecular formula is C20H25N3O6. The summed E-state index contributed by atoms with van der Waals surface area (Å²) in [5, 5.41) is 5.35. The number of benzene rings is 1. The topological polar surface area (TPSA) is 114 Å². The molecule has 1 spiro atoms. The van der Waals surface area contributed by atoms with Crippen LogP contribution in [0, 0.1) is 0 Å². The molecule has 3 rings (SSSR count). The van der Waals surface area contributed by atoms with E-state index in [1.807, 2.05) is 6.92 Å². The summed E-state index contributed by atoms with van der Waals surface area (Å²) in [7, 11) is 0. The number of ether oxygens (including phenoxy) is 2. The Morgan fingerprint density at radius 3 is 2.62 bits per heavy atom. The molecule has 29 heavy (non-hydrogen) atoms. The minimum atomic E-state index is -1.11. The summed E-state index contributed by atoms with van der Waals surface area (Å²) in [4.78, 5) is 50.2. The molecule has 1 heterocycles. The van der Waals surface area contributed by atoms with Gasteiger partial charge in [0.05, 0.1) is 12.3 Å². The molecule has 156 valence electrons. The van der Waals surface area contributed by atoms with Crippen LogP contribution in [-0.4, -0.2) is 53.5 Å². The van der Waals surface area contributed by atoms with Gasteiger partial charge in [-0.2, -0.15) is 0 Å². The second-order valence-corrected chi connectivity index (χ2v) is 7.16. The fraction of sp³-hybridized carbons (Fsp3) is 0.500. The number of rotatable bonds is 7. The SMILES string of the molecule is CCOc1ccccc1NC(=O)[C@@H](C)OC(=O)CN1C(=O)NC2(CCCC2)C1=O. The average Bonchev–Trinajstić information content (AvgIpc) is 3.24. The van der Waals surface area contributed by atoms with Crippen molar-refractivity contribution in [3.8, 4) is 5.75 Å². The van der Waals surface area contributed by atoms with Gasteiger partial charge in [-0.1, -0.05) is 25.0 Å². The van der Waals surface area contributed by atoms with Crippen molar-refractivity contribution in [1.29, 1.82) is 0 Å². The molecule has 1 aliphatic heterocycles. The number of hydrogen-bond acceptors (Lipinski definition) is 6. The molecule has 9 nitrogen and oxygen atoms in total. The Bertz CT molecular complexity index is 818. The first kappa shape index (κ1) is 20.6. The molecule has 0 radical (unpaired) electrons. The summed E-state index contributed by atoms with van der Waals surface area (Å²) in [5.74, 6) is -1.28. The van der Waals surface area contributed by atoms with E-state index < -0.39 is 42.0 Å². The molecule has 0 unspecified atom stereocenters. The average molecular weight is 403 g/mol. The number of amides is 4. The van der Waals surface area contributed by atoms with E-state index in [-0.39, 0.29) is 0 Å². The van der Waals surface area contributed by atoms with Crippen molar-refractivity contribution in [2.45, 2.75) is 51.2 Å². The predicted octanol–water partition coefficient (Wildman–Crippen LogP) is 1.82. The molecular weight excluding hydrogens is 378 g/mol. The molecule has 0 bridgehead atoms. The molecule has 4 amide bonds. The number of anilines is 1. The molecule has 0 aromatic heterocycles. The van der Waals surface area contributed by atoms with Crippen LogP contribution in [0.3, 0.4) is 0 Å². The van der Waals surface area contributed by atoms with Gasteiger partial charge >= 0.3 is 12.0 Å². The number of hydrogen-bond donors (Lipinski definition) is 2. The number of carbonyl (C=O) groups is 4. The lowest BCUT2D eigenvalue weighted by Gasteiger charge is -2.20. The van der Waals surface area contributed by atoms with Crippen molar-refractivity contribution < 1.29 is 28.7 Å². The fourth-order valence-electron chi connectivity index (χ4n) is 3.64. The van der Waals surface area contributed by atoms with Crippen molar-refractivity contribution in [3.63, 3.8) is 0 Å². The van der Waals surface area contributed by atoms with E-state index in [9.17, 15) is 19.2 Å². The van der Waals surface area contributed by atoms with E-state index in [0.29, 0.717) is 30.9 Å². The van der Waals surface area contributed by atoms with Gasteiger partial charge in [0.15, 0.2) is 6.10 Å². The maximum Gasteiger partial charge on any atom is 0.327 e. The smallest absolute Gasteiger partial charge is 0.327 e. The van der Waals surface area contributed by atoms with E-state index in [1.54, 1.807) is 24.3 Å². The van der Waals surface area contributed by atoms with Crippen LogP contribution in [0.4, 0.5) is 10.5 Å². The third-order valence-corrected chi connectivity index (χ3v) is 5.11. The minimum Gasteiger partial charge on any atom is -0.492 e. The number of imide groups is 1. The molecule has 2 aliphatic rings. The van der Waals surface area contributed by atoms with Crippen LogP contribution in [0.15, 0.2) is 24.3 Å². The van der Waals surface area contributed by atoms with Crippen LogP contribution in [0.5, 0.6) is 5.75 Å². The van der Waals surface area contributed by atoms with Gasteiger partial charge in [0.25, 0.3) is 11.8 Å². The zero-order chi connectivity index (χ0) is 21.0. The maximum atomic E-state index is 12.6. The number of urea groups is 1. The Morgan fingerprint density at radius 1 is 1.24 bits per heavy atom. The fourth-order valence-corrected chi connectivity index (χ4v) is 3.64. The second kappa shape index (κ2) is 8.50. The second-order valence-electron chi connectivity index (χ2n) is 7.16. The first-order valence-corrected chi connectivity index (χ1v) is 9.72. The maximum absolute atomic E-state index is 12.6. The molecule has 9 heteroatoms. The summed E-state index contributed by atoms with van der Waals surface area (Å²) in [6, 6.07) is 6.30. The van der Waals surface area contributed by atoms with Gasteiger partial charge in [0.1, 0.15) is 17.8 Å². The molecule has 1 aromatic carbocycles. The molecule has 2 N–H and O–H groups in total. The summed E-state index contributed by atoms with van der Waals surface area (Å²) in [6.07, 6.45) is 1.73. The summed E-state index contributed by atoms with van der Waals surface area (Å²) in [6.45, 7) is 3.15. The van der Waals surface area contributed by atoms with Crippen molar-refractivity contribution in [2.75, 3.05) is 18.5 Å². The Balaban J connectivity index is 1.56. The van der Waals surface area contributed by atoms with Crippen LogP contribution in [0.25, 0.3) is 0 Å². The van der Waals surface area contributed by atoms with Crippen LogP contribution >= 0.6 is 0 Å². The quantitative estimate of drug-likeness (QED) is 0.530. The Kier molecular flexibility index (Phi) is 6.05. The van der Waals surface area contributed by atoms with Gasteiger partial charge in [-0.05, 0) is 38.8 Å². The van der Waals surface area contributed by atoms with Crippen molar-refractivity contribution in [2.24, 2.45) is 0 Å². The van der Waals surface area contributed by atoms with E-state index in [1.165, 1.54) is 6.92 Å². The lowest BCUT2D eigenvalue weighted by molar-refractivity contribution is -0.155. The minimum absolute atomic E-state index is 0.403. The van der Waals surface area contributed by atoms with Crippen LogP contribution < -0.4 is 15.4 Å². The van der Waals surface area contributed by atoms with Crippen LogP contribution in [-0.2, 0) is 19.1 Å². The summed E-state index contributed by atoms with van der Waals surface area (Å²) in [5.41, 5.74) is -0.428. The zero-order valence-corrected chi connectivity index (χ0v) is 16.5. The normalized spacial score (nSPS) is 18.5. The molecule has 1 saturated carbocycles. The van der Waals surface area contributed by atoms with Gasteiger partial charge in [-0.3, -0.25) is 19.3 Å². The van der Waals surface area contributed by atoms with Gasteiger partial charge in [-0.15, -0.1) is 0 Å². The predicted molar refractivity (Wildman–Crippen MR) is 103 cm³/mol. The summed E-state index contributed by atoms with van der Waals surface area (Å²) < 4.78 is 10.6. The van der Waals surface area contributed by atoms with Crippen molar-refractivity contribution in [3.05, 3.63) is 24.3 Å². The third kappa shape index (κ3) is 4.33. The van der Waals surface area contributed by atoms with E-state index in [2.05, 4.69) is 10.6 Å². The Hall–Kier alpha value is -3.10. The molecule has 1 saturated heterocycles. The third-order valence-electron chi connectivity index (χ3n) is 5.11. The zero-order valence-electron chi connectivity index (χ0n) is 16.5. The number of esters is 1. The van der Waals surface area contributed by atoms with Crippen molar-refractivity contribution in [1.82, 2.24) is 10.2 Å². The number of carbonyl (C=O) groups excluding carboxylic acids is 4. The number of nitrogens with one attached hydrogen (secondary N) is 2. The van der Waals surface area contributed by atoms with Gasteiger partial charge < -0.3 is 20.1 Å². The molecule has 1 aliphatic carbocycles. The largest absolute Gasteiger partial charge is 0.492 e. The molecule has 1 aromatic rings.